The predicted octanol–water partition coefficient (Wildman–Crippen LogP) is 5.36. The number of ether oxygens (including phenoxy) is 3. The lowest BCUT2D eigenvalue weighted by atomic mass is 10.2. The average molecular weight is 491 g/mol. The van der Waals surface area contributed by atoms with Gasteiger partial charge in [0.1, 0.15) is 30.4 Å². The molecule has 2 aromatic heterocycles. The van der Waals surface area contributed by atoms with Crippen LogP contribution in [0.25, 0.3) is 11.5 Å². The second-order valence-electron chi connectivity index (χ2n) is 8.48. The summed E-state index contributed by atoms with van der Waals surface area (Å²) in [5.41, 5.74) is 2.47. The smallest absolute Gasteiger partial charge is 0.227 e. The Morgan fingerprint density at radius 3 is 2.61 bits per heavy atom. The van der Waals surface area contributed by atoms with E-state index < -0.39 is 0 Å². The summed E-state index contributed by atoms with van der Waals surface area (Å²) in [6.07, 6.45) is 7.69. The lowest BCUT2D eigenvalue weighted by Gasteiger charge is -2.17. The molecule has 190 valence electrons. The lowest BCUT2D eigenvalue weighted by Crippen LogP contribution is -2.25. The van der Waals surface area contributed by atoms with Gasteiger partial charge in [0, 0.05) is 24.0 Å². The zero-order valence-electron chi connectivity index (χ0n) is 20.7. The summed E-state index contributed by atoms with van der Waals surface area (Å²) in [4.78, 5) is 11.4. The van der Waals surface area contributed by atoms with Gasteiger partial charge < -0.3 is 23.9 Å². The quantitative estimate of drug-likeness (QED) is 0.225. The Morgan fingerprint density at radius 1 is 1.00 bits per heavy atom. The SMILES string of the molecule is C=CCOCc1ccc(-c2ccnc(Nc3ccc(OCCN4CCCC4)c(COCC=C)c3)n2)o1. The van der Waals surface area contributed by atoms with Crippen molar-refractivity contribution in [3.8, 4) is 17.2 Å². The van der Waals surface area contributed by atoms with Crippen molar-refractivity contribution in [3.05, 3.63) is 79.2 Å². The summed E-state index contributed by atoms with van der Waals surface area (Å²) < 4.78 is 23.1. The van der Waals surface area contributed by atoms with Crippen LogP contribution in [0.15, 0.2) is 72.3 Å². The number of likely N-dealkylation sites (tertiary alicyclic amines) is 1. The van der Waals surface area contributed by atoms with Gasteiger partial charge in [0.25, 0.3) is 0 Å². The first-order chi connectivity index (χ1) is 17.7. The number of aromatic nitrogens is 2. The second kappa shape index (κ2) is 13.6. The minimum atomic E-state index is 0.380. The molecule has 4 rings (SSSR count). The van der Waals surface area contributed by atoms with Crippen LogP contribution in [-0.2, 0) is 22.7 Å². The summed E-state index contributed by atoms with van der Waals surface area (Å²) in [6, 6.07) is 11.5. The minimum absolute atomic E-state index is 0.380. The molecule has 8 nitrogen and oxygen atoms in total. The van der Waals surface area contributed by atoms with Crippen LogP contribution in [0.4, 0.5) is 11.6 Å². The Balaban J connectivity index is 1.42. The zero-order valence-corrected chi connectivity index (χ0v) is 20.7. The molecule has 0 radical (unpaired) electrons. The third-order valence-electron chi connectivity index (χ3n) is 5.72. The van der Waals surface area contributed by atoms with Crippen molar-refractivity contribution in [1.82, 2.24) is 14.9 Å². The minimum Gasteiger partial charge on any atom is -0.492 e. The van der Waals surface area contributed by atoms with Crippen molar-refractivity contribution in [2.75, 3.05) is 44.8 Å². The maximum Gasteiger partial charge on any atom is 0.227 e. The highest BCUT2D eigenvalue weighted by Crippen LogP contribution is 2.27. The molecule has 0 saturated carbocycles. The fourth-order valence-electron chi connectivity index (χ4n) is 3.98. The molecule has 3 aromatic rings. The first kappa shape index (κ1) is 25.6. The molecule has 36 heavy (non-hydrogen) atoms. The molecule has 1 aromatic carbocycles. The highest BCUT2D eigenvalue weighted by Gasteiger charge is 2.13. The molecule has 0 atom stereocenters. The van der Waals surface area contributed by atoms with E-state index in [1.165, 1.54) is 12.8 Å². The predicted molar refractivity (Wildman–Crippen MR) is 140 cm³/mol. The number of nitrogens with zero attached hydrogens (tertiary/aromatic N) is 3. The van der Waals surface area contributed by atoms with Crippen molar-refractivity contribution in [1.29, 1.82) is 0 Å². The Labute approximate surface area is 212 Å². The van der Waals surface area contributed by atoms with E-state index in [0.29, 0.717) is 50.4 Å². The third kappa shape index (κ3) is 7.52. The van der Waals surface area contributed by atoms with Crippen molar-refractivity contribution >= 4 is 11.6 Å². The van der Waals surface area contributed by atoms with E-state index in [1.807, 2.05) is 36.4 Å². The number of rotatable bonds is 15. The van der Waals surface area contributed by atoms with Gasteiger partial charge in [0.15, 0.2) is 5.76 Å². The van der Waals surface area contributed by atoms with Crippen LogP contribution >= 0.6 is 0 Å². The topological polar surface area (TPSA) is 81.9 Å². The zero-order chi connectivity index (χ0) is 25.0. The van der Waals surface area contributed by atoms with E-state index in [2.05, 4.69) is 33.3 Å². The van der Waals surface area contributed by atoms with Gasteiger partial charge in [-0.15, -0.1) is 13.2 Å². The molecule has 0 aliphatic carbocycles. The molecule has 0 amide bonds. The molecular formula is C28H34N4O4. The number of furan rings is 1. The summed E-state index contributed by atoms with van der Waals surface area (Å²) >= 11 is 0. The largest absolute Gasteiger partial charge is 0.492 e. The van der Waals surface area contributed by atoms with Gasteiger partial charge in [0.2, 0.25) is 5.95 Å². The number of benzene rings is 1. The number of hydrogen-bond donors (Lipinski definition) is 1. The number of nitrogens with one attached hydrogen (secondary N) is 1. The highest BCUT2D eigenvalue weighted by atomic mass is 16.5. The monoisotopic (exact) mass is 490 g/mol. The first-order valence-electron chi connectivity index (χ1n) is 12.3. The van der Waals surface area contributed by atoms with Crippen LogP contribution in [-0.4, -0.2) is 54.3 Å². The fraction of sp³-hybridized carbons (Fsp3) is 0.357. The highest BCUT2D eigenvalue weighted by molar-refractivity contribution is 5.60. The molecular weight excluding hydrogens is 456 g/mol. The Kier molecular flexibility index (Phi) is 9.67. The average Bonchev–Trinajstić information content (AvgIpc) is 3.58. The molecule has 1 fully saturated rings. The van der Waals surface area contributed by atoms with E-state index in [9.17, 15) is 0 Å². The second-order valence-corrected chi connectivity index (χ2v) is 8.48. The molecule has 3 heterocycles. The van der Waals surface area contributed by atoms with Gasteiger partial charge >= 0.3 is 0 Å². The molecule has 0 unspecified atom stereocenters. The Hall–Kier alpha value is -3.46. The van der Waals surface area contributed by atoms with Crippen molar-refractivity contribution < 1.29 is 18.6 Å². The number of hydrogen-bond acceptors (Lipinski definition) is 8. The van der Waals surface area contributed by atoms with E-state index >= 15 is 0 Å². The van der Waals surface area contributed by atoms with Gasteiger partial charge in [-0.2, -0.15) is 0 Å². The lowest BCUT2D eigenvalue weighted by molar-refractivity contribution is 0.132. The summed E-state index contributed by atoms with van der Waals surface area (Å²) in [6.45, 7) is 13.0. The molecule has 1 aliphatic heterocycles. The van der Waals surface area contributed by atoms with Gasteiger partial charge in [-0.3, -0.25) is 4.90 Å². The molecule has 0 spiro atoms. The standard InChI is InChI=1S/C28H34N4O4/c1-3-16-33-20-22-19-23(7-9-26(22)35-18-15-32-13-5-6-14-32)30-28-29-12-11-25(31-28)27-10-8-24(36-27)21-34-17-4-2/h3-4,7-12,19H,1-2,5-6,13-18,20-21H2,(H,29,30,31). The maximum absolute atomic E-state index is 6.11. The van der Waals surface area contributed by atoms with E-state index in [4.69, 9.17) is 18.6 Å². The van der Waals surface area contributed by atoms with E-state index in [0.717, 1.165) is 42.4 Å². The Morgan fingerprint density at radius 2 is 1.81 bits per heavy atom. The summed E-state index contributed by atoms with van der Waals surface area (Å²) in [5.74, 6) is 2.66. The summed E-state index contributed by atoms with van der Waals surface area (Å²) in [7, 11) is 0. The van der Waals surface area contributed by atoms with Gasteiger partial charge in [0.05, 0.1) is 19.8 Å². The molecule has 1 saturated heterocycles. The van der Waals surface area contributed by atoms with Crippen LogP contribution in [0.2, 0.25) is 0 Å². The van der Waals surface area contributed by atoms with Crippen LogP contribution in [0.3, 0.4) is 0 Å². The van der Waals surface area contributed by atoms with Crippen molar-refractivity contribution in [2.45, 2.75) is 26.1 Å². The number of anilines is 2. The van der Waals surface area contributed by atoms with Crippen molar-refractivity contribution in [3.63, 3.8) is 0 Å². The molecule has 8 heteroatoms. The third-order valence-corrected chi connectivity index (χ3v) is 5.72. The van der Waals surface area contributed by atoms with Crippen LogP contribution < -0.4 is 10.1 Å². The summed E-state index contributed by atoms with van der Waals surface area (Å²) in [5, 5.41) is 3.28. The van der Waals surface area contributed by atoms with E-state index in [1.54, 1.807) is 18.3 Å². The molecule has 1 N–H and O–H groups in total. The van der Waals surface area contributed by atoms with Gasteiger partial charge in [-0.25, -0.2) is 9.97 Å². The fourth-order valence-corrected chi connectivity index (χ4v) is 3.98. The Bertz CT molecular complexity index is 1120. The maximum atomic E-state index is 6.11. The van der Waals surface area contributed by atoms with Crippen LogP contribution in [0.1, 0.15) is 24.2 Å². The normalized spacial score (nSPS) is 13.6. The van der Waals surface area contributed by atoms with E-state index in [-0.39, 0.29) is 0 Å². The van der Waals surface area contributed by atoms with Crippen molar-refractivity contribution in [2.24, 2.45) is 0 Å². The molecule has 1 aliphatic rings. The van der Waals surface area contributed by atoms with Crippen LogP contribution in [0, 0.1) is 0 Å². The van der Waals surface area contributed by atoms with Gasteiger partial charge in [-0.05, 0) is 62.3 Å². The first-order valence-corrected chi connectivity index (χ1v) is 12.3. The van der Waals surface area contributed by atoms with Crippen LogP contribution in [0.5, 0.6) is 5.75 Å². The molecule has 0 bridgehead atoms. The van der Waals surface area contributed by atoms with Gasteiger partial charge in [-0.1, -0.05) is 12.2 Å².